The fraction of sp³-hybridized carbons (Fsp3) is 0.833. The Morgan fingerprint density at radius 3 is 2.14 bits per heavy atom. The van der Waals surface area contributed by atoms with Crippen molar-refractivity contribution in [3.8, 4) is 0 Å². The molecule has 0 heterocycles. The molecule has 1 radical (unpaired) electrons. The first-order valence-electron chi connectivity index (χ1n) is 2.60. The van der Waals surface area contributed by atoms with Crippen LogP contribution in [0.3, 0.4) is 0 Å². The summed E-state index contributed by atoms with van der Waals surface area (Å²) in [5, 5.41) is 0. The first-order chi connectivity index (χ1) is 3.12. The second-order valence-corrected chi connectivity index (χ2v) is 2.93. The van der Waals surface area contributed by atoms with E-state index in [9.17, 15) is 0 Å². The van der Waals surface area contributed by atoms with E-state index >= 15 is 0 Å². The predicted octanol–water partition coefficient (Wildman–Crippen LogP) is 2.62. The van der Waals surface area contributed by atoms with Crippen LogP contribution in [0, 0.1) is 6.92 Å². The van der Waals surface area contributed by atoms with Crippen LogP contribution < -0.4 is 0 Å². The zero-order chi connectivity index (χ0) is 5.91. The Morgan fingerprint density at radius 2 is 2.14 bits per heavy atom. The van der Waals surface area contributed by atoms with E-state index in [-0.39, 0.29) is 4.87 Å². The maximum Gasteiger partial charge on any atom is 0.0416 e. The summed E-state index contributed by atoms with van der Waals surface area (Å²) in [4.78, 5) is -0.0556. The fourth-order valence-electron chi connectivity index (χ4n) is 0.177. The van der Waals surface area contributed by atoms with Crippen molar-refractivity contribution in [2.75, 3.05) is 0 Å². The Kier molecular flexibility index (Phi) is 2.67. The molecule has 0 aromatic heterocycles. The molecule has 0 amide bonds. The lowest BCUT2D eigenvalue weighted by Crippen LogP contribution is -2.11. The van der Waals surface area contributed by atoms with E-state index in [1.807, 2.05) is 6.92 Å². The molecule has 0 aromatic rings. The van der Waals surface area contributed by atoms with Crippen molar-refractivity contribution in [3.05, 3.63) is 6.92 Å². The van der Waals surface area contributed by atoms with Crippen molar-refractivity contribution in [1.82, 2.24) is 0 Å². The smallest absolute Gasteiger partial charge is 0.0416 e. The van der Waals surface area contributed by atoms with Crippen molar-refractivity contribution in [3.63, 3.8) is 0 Å². The van der Waals surface area contributed by atoms with Gasteiger partial charge in [0, 0.05) is 4.87 Å². The molecule has 1 unspecified atom stereocenters. The highest BCUT2D eigenvalue weighted by atomic mass is 35.5. The summed E-state index contributed by atoms with van der Waals surface area (Å²) in [6.45, 7) is 7.77. The van der Waals surface area contributed by atoms with Crippen molar-refractivity contribution >= 4 is 11.6 Å². The van der Waals surface area contributed by atoms with Gasteiger partial charge in [0.2, 0.25) is 0 Å². The van der Waals surface area contributed by atoms with E-state index in [1.165, 1.54) is 0 Å². The third kappa shape index (κ3) is 2.93. The number of rotatable bonds is 2. The molecule has 1 heteroatoms. The highest BCUT2D eigenvalue weighted by molar-refractivity contribution is 6.23. The molecule has 0 aliphatic heterocycles. The zero-order valence-corrected chi connectivity index (χ0v) is 5.76. The molecule has 0 bridgehead atoms. The molecule has 0 saturated carbocycles. The van der Waals surface area contributed by atoms with Crippen LogP contribution in [0.15, 0.2) is 0 Å². The molecule has 0 rings (SSSR count). The number of halogens is 1. The van der Waals surface area contributed by atoms with Crippen LogP contribution >= 0.6 is 11.6 Å². The van der Waals surface area contributed by atoms with Crippen LogP contribution in [0.25, 0.3) is 0 Å². The van der Waals surface area contributed by atoms with Crippen LogP contribution in [0.1, 0.15) is 26.7 Å². The molecule has 0 aromatic carbocycles. The first kappa shape index (κ1) is 7.29. The highest BCUT2D eigenvalue weighted by Crippen LogP contribution is 2.21. The maximum absolute atomic E-state index is 5.84. The average Bonchev–Trinajstić information content (AvgIpc) is 1.68. The molecule has 0 fully saturated rings. The van der Waals surface area contributed by atoms with E-state index in [0.29, 0.717) is 0 Å². The van der Waals surface area contributed by atoms with Crippen molar-refractivity contribution in [1.29, 1.82) is 0 Å². The predicted molar refractivity (Wildman–Crippen MR) is 34.5 cm³/mol. The van der Waals surface area contributed by atoms with Crippen molar-refractivity contribution in [2.24, 2.45) is 0 Å². The Balaban J connectivity index is 3.36. The fourth-order valence-corrected chi connectivity index (χ4v) is 0.177. The monoisotopic (exact) mass is 119 g/mol. The summed E-state index contributed by atoms with van der Waals surface area (Å²) >= 11 is 5.84. The van der Waals surface area contributed by atoms with Gasteiger partial charge in [0.15, 0.2) is 0 Å². The van der Waals surface area contributed by atoms with Gasteiger partial charge in [-0.2, -0.15) is 0 Å². The molecule has 0 saturated heterocycles. The largest absolute Gasteiger partial charge is 0.120 e. The van der Waals surface area contributed by atoms with Gasteiger partial charge >= 0.3 is 0 Å². The maximum atomic E-state index is 5.84. The summed E-state index contributed by atoms with van der Waals surface area (Å²) in [5.74, 6) is 0. The van der Waals surface area contributed by atoms with Crippen molar-refractivity contribution in [2.45, 2.75) is 31.6 Å². The van der Waals surface area contributed by atoms with Gasteiger partial charge in [-0.1, -0.05) is 13.8 Å². The average molecular weight is 120 g/mol. The van der Waals surface area contributed by atoms with Gasteiger partial charge in [0.05, 0.1) is 0 Å². The zero-order valence-electron chi connectivity index (χ0n) is 5.00. The number of alkyl halides is 1. The van der Waals surface area contributed by atoms with Crippen LogP contribution in [-0.2, 0) is 0 Å². The third-order valence-electron chi connectivity index (χ3n) is 1.26. The standard InChI is InChI=1S/C6H12Cl/c1-4-6(3,7)5-2/h1,4-5H2,2-3H3. The van der Waals surface area contributed by atoms with E-state index in [2.05, 4.69) is 13.8 Å². The van der Waals surface area contributed by atoms with E-state index < -0.39 is 0 Å². The molecule has 0 N–H and O–H groups in total. The SMILES string of the molecule is [CH2]CC(C)(Cl)CC. The van der Waals surface area contributed by atoms with E-state index in [0.717, 1.165) is 12.8 Å². The summed E-state index contributed by atoms with van der Waals surface area (Å²) < 4.78 is 0. The van der Waals surface area contributed by atoms with Crippen LogP contribution in [-0.4, -0.2) is 4.87 Å². The lowest BCUT2D eigenvalue weighted by molar-refractivity contribution is 0.614. The molecule has 0 aliphatic carbocycles. The molecular weight excluding hydrogens is 108 g/mol. The van der Waals surface area contributed by atoms with Crippen LogP contribution in [0.2, 0.25) is 0 Å². The second-order valence-electron chi connectivity index (χ2n) is 2.02. The van der Waals surface area contributed by atoms with E-state index in [1.54, 1.807) is 0 Å². The summed E-state index contributed by atoms with van der Waals surface area (Å²) in [6, 6.07) is 0. The topological polar surface area (TPSA) is 0 Å². The normalized spacial score (nSPS) is 12.0. The van der Waals surface area contributed by atoms with Gasteiger partial charge in [-0.25, -0.2) is 0 Å². The summed E-state index contributed by atoms with van der Waals surface area (Å²) in [5.41, 5.74) is 0. The quantitative estimate of drug-likeness (QED) is 0.491. The Bertz CT molecular complexity index is 42.1. The minimum absolute atomic E-state index is 0.0556. The van der Waals surface area contributed by atoms with Gasteiger partial charge < -0.3 is 0 Å². The number of hydrogen-bond donors (Lipinski definition) is 0. The first-order valence-corrected chi connectivity index (χ1v) is 2.98. The molecule has 0 aliphatic rings. The molecule has 0 spiro atoms. The lowest BCUT2D eigenvalue weighted by Gasteiger charge is -2.15. The summed E-state index contributed by atoms with van der Waals surface area (Å²) in [7, 11) is 0. The Morgan fingerprint density at radius 1 is 1.71 bits per heavy atom. The highest BCUT2D eigenvalue weighted by Gasteiger charge is 2.13. The van der Waals surface area contributed by atoms with Gasteiger partial charge in [0.25, 0.3) is 0 Å². The Hall–Kier alpha value is 0.290. The molecule has 0 nitrogen and oxygen atoms in total. The van der Waals surface area contributed by atoms with Crippen LogP contribution in [0.5, 0.6) is 0 Å². The summed E-state index contributed by atoms with van der Waals surface area (Å²) in [6.07, 6.45) is 1.81. The van der Waals surface area contributed by atoms with Crippen molar-refractivity contribution < 1.29 is 0 Å². The van der Waals surface area contributed by atoms with Gasteiger partial charge in [-0.05, 0) is 19.8 Å². The Labute approximate surface area is 50.9 Å². The van der Waals surface area contributed by atoms with Gasteiger partial charge in [0.1, 0.15) is 0 Å². The van der Waals surface area contributed by atoms with Gasteiger partial charge in [-0.15, -0.1) is 11.6 Å². The van der Waals surface area contributed by atoms with Gasteiger partial charge in [-0.3, -0.25) is 0 Å². The third-order valence-corrected chi connectivity index (χ3v) is 1.71. The minimum Gasteiger partial charge on any atom is -0.120 e. The molecular formula is C6H12Cl. The molecule has 43 valence electrons. The lowest BCUT2D eigenvalue weighted by atomic mass is 10.1. The number of hydrogen-bond acceptors (Lipinski definition) is 0. The molecule has 7 heavy (non-hydrogen) atoms. The second kappa shape index (κ2) is 2.56. The van der Waals surface area contributed by atoms with E-state index in [4.69, 9.17) is 11.6 Å². The molecule has 1 atom stereocenters. The van der Waals surface area contributed by atoms with Crippen LogP contribution in [0.4, 0.5) is 0 Å². The minimum atomic E-state index is -0.0556.